The Hall–Kier alpha value is -2.16. The number of thioether (sulfide) groups is 1. The Balaban J connectivity index is 2.00. The van der Waals surface area contributed by atoms with Gasteiger partial charge in [-0.1, -0.05) is 17.8 Å². The van der Waals surface area contributed by atoms with Crippen molar-refractivity contribution in [2.24, 2.45) is 0 Å². The highest BCUT2D eigenvalue weighted by atomic mass is 32.2. The number of imidazole rings is 1. The average Bonchev–Trinajstić information content (AvgIpc) is 2.99. The molecular weight excluding hydrogens is 331 g/mol. The molecule has 1 amide bonds. The standard InChI is InChI=1S/C14H14F3N3O2S/c1-22-11-4-2-3-10(7-11)20-6-5-18-13(20)23-8-12(21)19-9-14(15,16)17/h2-7H,8-9H2,1H3,(H,19,21). The van der Waals surface area contributed by atoms with Crippen LogP contribution in [-0.2, 0) is 4.79 Å². The van der Waals surface area contributed by atoms with Crippen LogP contribution in [-0.4, -0.2) is 41.0 Å². The van der Waals surface area contributed by atoms with Gasteiger partial charge in [-0.2, -0.15) is 13.2 Å². The second kappa shape index (κ2) is 7.40. The Kier molecular flexibility index (Phi) is 5.54. The zero-order valence-corrected chi connectivity index (χ0v) is 12.9. The molecule has 0 fully saturated rings. The predicted octanol–water partition coefficient (Wildman–Crippen LogP) is 2.65. The molecule has 1 aromatic carbocycles. The molecule has 1 aromatic heterocycles. The zero-order valence-electron chi connectivity index (χ0n) is 12.1. The SMILES string of the molecule is COc1cccc(-n2ccnc2SCC(=O)NCC(F)(F)F)c1. The summed E-state index contributed by atoms with van der Waals surface area (Å²) < 4.78 is 43.0. The van der Waals surface area contributed by atoms with Crippen LogP contribution in [0.25, 0.3) is 5.69 Å². The second-order valence-electron chi connectivity index (χ2n) is 4.46. The highest BCUT2D eigenvalue weighted by Crippen LogP contribution is 2.23. The third-order valence-corrected chi connectivity index (χ3v) is 3.72. The lowest BCUT2D eigenvalue weighted by Crippen LogP contribution is -2.34. The molecule has 9 heteroatoms. The summed E-state index contributed by atoms with van der Waals surface area (Å²) >= 11 is 1.05. The number of hydrogen-bond acceptors (Lipinski definition) is 4. The van der Waals surface area contributed by atoms with E-state index in [0.29, 0.717) is 10.9 Å². The van der Waals surface area contributed by atoms with Crippen molar-refractivity contribution in [1.82, 2.24) is 14.9 Å². The summed E-state index contributed by atoms with van der Waals surface area (Å²) in [6.45, 7) is -1.34. The molecule has 0 saturated heterocycles. The van der Waals surface area contributed by atoms with E-state index in [2.05, 4.69) is 4.98 Å². The number of aromatic nitrogens is 2. The van der Waals surface area contributed by atoms with E-state index in [1.165, 1.54) is 0 Å². The van der Waals surface area contributed by atoms with Crippen molar-refractivity contribution in [1.29, 1.82) is 0 Å². The van der Waals surface area contributed by atoms with Gasteiger partial charge in [0.05, 0.1) is 18.6 Å². The first-order valence-corrected chi connectivity index (χ1v) is 7.51. The van der Waals surface area contributed by atoms with E-state index in [0.717, 1.165) is 17.4 Å². The minimum Gasteiger partial charge on any atom is -0.497 e. The number of carbonyl (C=O) groups excluding carboxylic acids is 1. The van der Waals surface area contributed by atoms with Crippen LogP contribution in [0.4, 0.5) is 13.2 Å². The number of alkyl halides is 3. The number of hydrogen-bond donors (Lipinski definition) is 1. The minimum absolute atomic E-state index is 0.156. The Morgan fingerprint density at radius 1 is 1.43 bits per heavy atom. The van der Waals surface area contributed by atoms with Crippen molar-refractivity contribution in [3.8, 4) is 11.4 Å². The van der Waals surface area contributed by atoms with Gasteiger partial charge in [0.2, 0.25) is 5.91 Å². The first kappa shape index (κ1) is 17.2. The number of amides is 1. The van der Waals surface area contributed by atoms with Gasteiger partial charge in [0, 0.05) is 18.5 Å². The number of rotatable bonds is 6. The zero-order chi connectivity index (χ0) is 16.9. The lowest BCUT2D eigenvalue weighted by molar-refractivity contribution is -0.136. The summed E-state index contributed by atoms with van der Waals surface area (Å²) in [6, 6.07) is 7.21. The summed E-state index contributed by atoms with van der Waals surface area (Å²) in [4.78, 5) is 15.6. The number of methoxy groups -OCH3 is 1. The number of ether oxygens (including phenoxy) is 1. The lowest BCUT2D eigenvalue weighted by atomic mass is 10.3. The largest absolute Gasteiger partial charge is 0.497 e. The van der Waals surface area contributed by atoms with Gasteiger partial charge >= 0.3 is 6.18 Å². The fourth-order valence-corrected chi connectivity index (χ4v) is 2.54. The Morgan fingerprint density at radius 2 is 2.22 bits per heavy atom. The molecule has 0 radical (unpaired) electrons. The topological polar surface area (TPSA) is 56.2 Å². The van der Waals surface area contributed by atoms with E-state index in [-0.39, 0.29) is 5.75 Å². The molecule has 2 rings (SSSR count). The second-order valence-corrected chi connectivity index (χ2v) is 5.40. The fraction of sp³-hybridized carbons (Fsp3) is 0.286. The third-order valence-electron chi connectivity index (χ3n) is 2.76. The maximum Gasteiger partial charge on any atom is 0.405 e. The van der Waals surface area contributed by atoms with Gasteiger partial charge in [0.15, 0.2) is 5.16 Å². The van der Waals surface area contributed by atoms with E-state index < -0.39 is 18.6 Å². The minimum atomic E-state index is -4.42. The number of nitrogens with zero attached hydrogens (tertiary/aromatic N) is 2. The molecule has 0 aliphatic carbocycles. The highest BCUT2D eigenvalue weighted by molar-refractivity contribution is 7.99. The van der Waals surface area contributed by atoms with Gasteiger partial charge < -0.3 is 10.1 Å². The monoisotopic (exact) mass is 345 g/mol. The Morgan fingerprint density at radius 3 is 2.91 bits per heavy atom. The van der Waals surface area contributed by atoms with Gasteiger partial charge in [-0.25, -0.2) is 4.98 Å². The van der Waals surface area contributed by atoms with Crippen LogP contribution in [0.5, 0.6) is 5.75 Å². The van der Waals surface area contributed by atoms with E-state index in [4.69, 9.17) is 4.74 Å². The molecular formula is C14H14F3N3O2S. The first-order valence-electron chi connectivity index (χ1n) is 6.53. The number of benzene rings is 1. The fourth-order valence-electron chi connectivity index (χ4n) is 1.73. The molecule has 0 atom stereocenters. The normalized spacial score (nSPS) is 11.3. The summed E-state index contributed by atoms with van der Waals surface area (Å²) in [6.07, 6.45) is -1.17. The van der Waals surface area contributed by atoms with Crippen molar-refractivity contribution in [2.45, 2.75) is 11.3 Å². The van der Waals surface area contributed by atoms with Gasteiger partial charge in [0.25, 0.3) is 0 Å². The van der Waals surface area contributed by atoms with Crippen LogP contribution in [0.3, 0.4) is 0 Å². The summed E-state index contributed by atoms with van der Waals surface area (Å²) in [5.41, 5.74) is 0.778. The molecule has 0 spiro atoms. The van der Waals surface area contributed by atoms with Gasteiger partial charge in [-0.05, 0) is 12.1 Å². The van der Waals surface area contributed by atoms with Crippen molar-refractivity contribution in [2.75, 3.05) is 19.4 Å². The molecule has 0 unspecified atom stereocenters. The molecule has 23 heavy (non-hydrogen) atoms. The molecule has 124 valence electrons. The number of halogens is 3. The average molecular weight is 345 g/mol. The van der Waals surface area contributed by atoms with Crippen LogP contribution in [0.15, 0.2) is 41.8 Å². The van der Waals surface area contributed by atoms with Crippen LogP contribution >= 0.6 is 11.8 Å². The van der Waals surface area contributed by atoms with E-state index in [1.807, 2.05) is 11.4 Å². The molecule has 0 aliphatic rings. The molecule has 5 nitrogen and oxygen atoms in total. The van der Waals surface area contributed by atoms with E-state index in [1.54, 1.807) is 42.3 Å². The molecule has 0 saturated carbocycles. The maximum atomic E-state index is 12.0. The van der Waals surface area contributed by atoms with Crippen LogP contribution in [0.2, 0.25) is 0 Å². The molecule has 0 aliphatic heterocycles. The first-order chi connectivity index (χ1) is 10.9. The Labute approximate surface area is 134 Å². The van der Waals surface area contributed by atoms with Crippen molar-refractivity contribution in [3.63, 3.8) is 0 Å². The molecule has 0 bridgehead atoms. The van der Waals surface area contributed by atoms with Crippen molar-refractivity contribution < 1.29 is 22.7 Å². The highest BCUT2D eigenvalue weighted by Gasteiger charge is 2.27. The molecule has 1 N–H and O–H groups in total. The third kappa shape index (κ3) is 5.20. The van der Waals surface area contributed by atoms with Crippen LogP contribution < -0.4 is 10.1 Å². The van der Waals surface area contributed by atoms with E-state index in [9.17, 15) is 18.0 Å². The summed E-state index contributed by atoms with van der Waals surface area (Å²) in [5, 5.41) is 2.32. The van der Waals surface area contributed by atoms with Gasteiger partial charge in [-0.15, -0.1) is 0 Å². The smallest absolute Gasteiger partial charge is 0.405 e. The van der Waals surface area contributed by atoms with Gasteiger partial charge in [-0.3, -0.25) is 9.36 Å². The predicted molar refractivity (Wildman–Crippen MR) is 79.9 cm³/mol. The van der Waals surface area contributed by atoms with Crippen LogP contribution in [0.1, 0.15) is 0 Å². The summed E-state index contributed by atoms with van der Waals surface area (Å²) in [7, 11) is 1.55. The van der Waals surface area contributed by atoms with Crippen molar-refractivity contribution in [3.05, 3.63) is 36.7 Å². The number of nitrogens with one attached hydrogen (secondary N) is 1. The molecule has 2 aromatic rings. The summed E-state index contributed by atoms with van der Waals surface area (Å²) in [5.74, 6) is -0.195. The quantitative estimate of drug-likeness (QED) is 0.818. The van der Waals surface area contributed by atoms with Gasteiger partial charge in [0.1, 0.15) is 12.3 Å². The maximum absolute atomic E-state index is 12.0. The van der Waals surface area contributed by atoms with Crippen LogP contribution in [0, 0.1) is 0 Å². The van der Waals surface area contributed by atoms with Crippen molar-refractivity contribution >= 4 is 17.7 Å². The lowest BCUT2D eigenvalue weighted by Gasteiger charge is -2.10. The van der Waals surface area contributed by atoms with E-state index >= 15 is 0 Å². The molecule has 1 heterocycles. The number of carbonyl (C=O) groups is 1. The Bertz CT molecular complexity index is 673.